The quantitative estimate of drug-likeness (QED) is 0.630. The Morgan fingerprint density at radius 3 is 2.12 bits per heavy atom. The maximum Gasteiger partial charge on any atom is 0.00640 e. The maximum absolute atomic E-state index is 3.54. The third kappa shape index (κ3) is 5.87. The number of hydrogen-bond acceptors (Lipinski definition) is 2. The fourth-order valence-electron chi connectivity index (χ4n) is 2.49. The van der Waals surface area contributed by atoms with Gasteiger partial charge in [0.15, 0.2) is 0 Å². The summed E-state index contributed by atoms with van der Waals surface area (Å²) in [5.41, 5.74) is 0.451. The van der Waals surface area contributed by atoms with Crippen LogP contribution in [-0.2, 0) is 0 Å². The third-order valence-corrected chi connectivity index (χ3v) is 4.29. The predicted molar refractivity (Wildman–Crippen MR) is 78.6 cm³/mol. The molecule has 0 heterocycles. The molecule has 1 unspecified atom stereocenters. The Balaban J connectivity index is 4.40. The van der Waals surface area contributed by atoms with Crippen LogP contribution in [0.3, 0.4) is 0 Å². The van der Waals surface area contributed by atoms with E-state index in [0.29, 0.717) is 11.5 Å². The highest BCUT2D eigenvalue weighted by atomic mass is 15.1. The molecular weight excluding hydrogens is 208 g/mol. The van der Waals surface area contributed by atoms with Crippen LogP contribution in [0.1, 0.15) is 60.3 Å². The standard InChI is InChI=1S/C15H34N2/c1-7-11-14(5)17(6)13-15(8-2,9-3)12-16-10-4/h14,16H,7-13H2,1-6H3. The van der Waals surface area contributed by atoms with E-state index in [0.717, 1.165) is 13.1 Å². The molecule has 0 radical (unpaired) electrons. The average molecular weight is 242 g/mol. The second-order valence-electron chi connectivity index (χ2n) is 5.54. The van der Waals surface area contributed by atoms with Gasteiger partial charge in [-0.2, -0.15) is 0 Å². The van der Waals surface area contributed by atoms with Gasteiger partial charge in [0.2, 0.25) is 0 Å². The molecule has 0 aliphatic heterocycles. The molecule has 1 atom stereocenters. The second kappa shape index (κ2) is 8.93. The molecule has 0 spiro atoms. The highest BCUT2D eigenvalue weighted by molar-refractivity contribution is 4.83. The Morgan fingerprint density at radius 1 is 1.12 bits per heavy atom. The van der Waals surface area contributed by atoms with Crippen molar-refractivity contribution in [3.8, 4) is 0 Å². The lowest BCUT2D eigenvalue weighted by molar-refractivity contribution is 0.124. The van der Waals surface area contributed by atoms with Gasteiger partial charge in [0.25, 0.3) is 0 Å². The SMILES string of the molecule is CCCC(C)N(C)CC(CC)(CC)CNCC. The van der Waals surface area contributed by atoms with Crippen molar-refractivity contribution < 1.29 is 0 Å². The minimum Gasteiger partial charge on any atom is -0.316 e. The van der Waals surface area contributed by atoms with Crippen LogP contribution in [0.25, 0.3) is 0 Å². The number of nitrogens with one attached hydrogen (secondary N) is 1. The minimum atomic E-state index is 0.451. The molecule has 0 aliphatic rings. The van der Waals surface area contributed by atoms with Gasteiger partial charge in [-0.3, -0.25) is 0 Å². The van der Waals surface area contributed by atoms with Gasteiger partial charge in [-0.1, -0.05) is 34.1 Å². The van der Waals surface area contributed by atoms with E-state index in [2.05, 4.69) is 51.9 Å². The molecule has 0 aromatic rings. The third-order valence-electron chi connectivity index (χ3n) is 4.29. The predicted octanol–water partition coefficient (Wildman–Crippen LogP) is 3.52. The molecule has 0 bridgehead atoms. The zero-order chi connectivity index (χ0) is 13.3. The van der Waals surface area contributed by atoms with Crippen LogP contribution in [0, 0.1) is 5.41 Å². The molecule has 1 N–H and O–H groups in total. The van der Waals surface area contributed by atoms with E-state index in [1.165, 1.54) is 32.2 Å². The Labute approximate surface area is 109 Å². The van der Waals surface area contributed by atoms with Crippen molar-refractivity contribution >= 4 is 0 Å². The molecule has 104 valence electrons. The van der Waals surface area contributed by atoms with E-state index in [1.807, 2.05) is 0 Å². The molecule has 0 amide bonds. The van der Waals surface area contributed by atoms with E-state index in [4.69, 9.17) is 0 Å². The largest absolute Gasteiger partial charge is 0.316 e. The van der Waals surface area contributed by atoms with Gasteiger partial charge in [0.05, 0.1) is 0 Å². The molecule has 0 fully saturated rings. The molecule has 2 nitrogen and oxygen atoms in total. The van der Waals surface area contributed by atoms with Crippen molar-refractivity contribution in [1.29, 1.82) is 0 Å². The number of rotatable bonds is 10. The molecule has 0 rings (SSSR count). The van der Waals surface area contributed by atoms with Crippen LogP contribution in [0.4, 0.5) is 0 Å². The van der Waals surface area contributed by atoms with Gasteiger partial charge < -0.3 is 10.2 Å². The van der Waals surface area contributed by atoms with Gasteiger partial charge in [0, 0.05) is 19.1 Å². The molecule has 2 heteroatoms. The van der Waals surface area contributed by atoms with Gasteiger partial charge in [-0.25, -0.2) is 0 Å². The summed E-state index contributed by atoms with van der Waals surface area (Å²) in [6.07, 6.45) is 5.12. The van der Waals surface area contributed by atoms with Crippen molar-refractivity contribution in [2.75, 3.05) is 26.7 Å². The van der Waals surface area contributed by atoms with Crippen molar-refractivity contribution in [2.45, 2.75) is 66.3 Å². The summed E-state index contributed by atoms with van der Waals surface area (Å²) in [5.74, 6) is 0. The Kier molecular flexibility index (Phi) is 8.89. The smallest absolute Gasteiger partial charge is 0.00640 e. The molecule has 0 saturated carbocycles. The summed E-state index contributed by atoms with van der Waals surface area (Å²) in [5, 5.41) is 3.54. The lowest BCUT2D eigenvalue weighted by Gasteiger charge is -2.38. The van der Waals surface area contributed by atoms with Crippen LogP contribution in [0.2, 0.25) is 0 Å². The number of hydrogen-bond donors (Lipinski definition) is 1. The van der Waals surface area contributed by atoms with E-state index in [9.17, 15) is 0 Å². The van der Waals surface area contributed by atoms with Gasteiger partial charge >= 0.3 is 0 Å². The molecule has 0 aromatic carbocycles. The summed E-state index contributed by atoms with van der Waals surface area (Å²) in [7, 11) is 2.28. The monoisotopic (exact) mass is 242 g/mol. The highest BCUT2D eigenvalue weighted by Gasteiger charge is 2.28. The zero-order valence-electron chi connectivity index (χ0n) is 13.0. The Hall–Kier alpha value is -0.0800. The summed E-state index contributed by atoms with van der Waals surface area (Å²) >= 11 is 0. The van der Waals surface area contributed by atoms with Crippen LogP contribution >= 0.6 is 0 Å². The lowest BCUT2D eigenvalue weighted by atomic mass is 9.81. The first-order valence-corrected chi connectivity index (χ1v) is 7.46. The summed E-state index contributed by atoms with van der Waals surface area (Å²) < 4.78 is 0. The maximum atomic E-state index is 3.54. The minimum absolute atomic E-state index is 0.451. The van der Waals surface area contributed by atoms with Crippen molar-refractivity contribution in [1.82, 2.24) is 10.2 Å². The molecule has 0 aliphatic carbocycles. The zero-order valence-corrected chi connectivity index (χ0v) is 13.0. The fourth-order valence-corrected chi connectivity index (χ4v) is 2.49. The van der Waals surface area contributed by atoms with Crippen LogP contribution in [0.5, 0.6) is 0 Å². The molecule has 0 aromatic heterocycles. The van der Waals surface area contributed by atoms with Crippen molar-refractivity contribution in [3.63, 3.8) is 0 Å². The normalized spacial score (nSPS) is 14.3. The van der Waals surface area contributed by atoms with Crippen LogP contribution in [-0.4, -0.2) is 37.6 Å². The van der Waals surface area contributed by atoms with Crippen LogP contribution < -0.4 is 5.32 Å². The van der Waals surface area contributed by atoms with Crippen molar-refractivity contribution in [3.05, 3.63) is 0 Å². The topological polar surface area (TPSA) is 15.3 Å². The number of nitrogens with zero attached hydrogens (tertiary/aromatic N) is 1. The van der Waals surface area contributed by atoms with Gasteiger partial charge in [0.1, 0.15) is 0 Å². The van der Waals surface area contributed by atoms with E-state index < -0.39 is 0 Å². The first kappa shape index (κ1) is 16.9. The van der Waals surface area contributed by atoms with Crippen molar-refractivity contribution in [2.24, 2.45) is 5.41 Å². The van der Waals surface area contributed by atoms with Gasteiger partial charge in [-0.05, 0) is 45.2 Å². The average Bonchev–Trinajstić information content (AvgIpc) is 2.34. The highest BCUT2D eigenvalue weighted by Crippen LogP contribution is 2.27. The fraction of sp³-hybridized carbons (Fsp3) is 1.00. The molecule has 17 heavy (non-hydrogen) atoms. The first-order chi connectivity index (χ1) is 8.05. The first-order valence-electron chi connectivity index (χ1n) is 7.46. The molecule has 0 saturated heterocycles. The molecular formula is C15H34N2. The van der Waals surface area contributed by atoms with Crippen LogP contribution in [0.15, 0.2) is 0 Å². The van der Waals surface area contributed by atoms with E-state index >= 15 is 0 Å². The van der Waals surface area contributed by atoms with E-state index in [1.54, 1.807) is 0 Å². The van der Waals surface area contributed by atoms with Gasteiger partial charge in [-0.15, -0.1) is 0 Å². The summed E-state index contributed by atoms with van der Waals surface area (Å²) in [6.45, 7) is 14.9. The Bertz CT molecular complexity index is 176. The van der Waals surface area contributed by atoms with E-state index in [-0.39, 0.29) is 0 Å². The lowest BCUT2D eigenvalue weighted by Crippen LogP contribution is -2.45. The Morgan fingerprint density at radius 2 is 1.71 bits per heavy atom. The second-order valence-corrected chi connectivity index (χ2v) is 5.54. The summed E-state index contributed by atoms with van der Waals surface area (Å²) in [4.78, 5) is 2.55. The summed E-state index contributed by atoms with van der Waals surface area (Å²) in [6, 6.07) is 0.708.